The van der Waals surface area contributed by atoms with Gasteiger partial charge in [0.25, 0.3) is 5.91 Å². The van der Waals surface area contributed by atoms with Crippen LogP contribution in [0, 0.1) is 17.5 Å². The monoisotopic (exact) mass is 319 g/mol. The normalized spacial score (nSPS) is 10.9. The van der Waals surface area contributed by atoms with Crippen molar-refractivity contribution in [3.8, 4) is 5.69 Å². The van der Waals surface area contributed by atoms with E-state index >= 15 is 0 Å². The molecule has 2 N–H and O–H groups in total. The third kappa shape index (κ3) is 2.33. The summed E-state index contributed by atoms with van der Waals surface area (Å²) in [5, 5.41) is 0.0284. The second-order valence-corrected chi connectivity index (χ2v) is 4.69. The maximum Gasteiger partial charge on any atom is 0.265 e. The van der Waals surface area contributed by atoms with Crippen molar-refractivity contribution in [2.75, 3.05) is 0 Å². The van der Waals surface area contributed by atoms with Gasteiger partial charge in [0.15, 0.2) is 17.1 Å². The van der Waals surface area contributed by atoms with Crippen molar-refractivity contribution in [2.45, 2.75) is 0 Å². The van der Waals surface area contributed by atoms with Gasteiger partial charge in [-0.15, -0.1) is 0 Å². The Bertz CT molecular complexity index is 992. The maximum absolute atomic E-state index is 14.1. The molecule has 0 bridgehead atoms. The zero-order chi connectivity index (χ0) is 16.7. The molecule has 0 aliphatic rings. The van der Waals surface area contributed by atoms with Crippen molar-refractivity contribution in [1.29, 1.82) is 0 Å². The van der Waals surface area contributed by atoms with Gasteiger partial charge < -0.3 is 5.73 Å². The zero-order valence-electron chi connectivity index (χ0n) is 11.4. The minimum atomic E-state index is -1.26. The molecule has 116 valence electrons. The summed E-state index contributed by atoms with van der Waals surface area (Å²) in [4.78, 5) is 27.5. The lowest BCUT2D eigenvalue weighted by Gasteiger charge is -2.15. The molecule has 0 unspecified atom stereocenters. The molecule has 3 rings (SSSR count). The fourth-order valence-electron chi connectivity index (χ4n) is 2.30. The van der Waals surface area contributed by atoms with E-state index in [-0.39, 0.29) is 11.0 Å². The first-order chi connectivity index (χ1) is 10.9. The number of benzene rings is 1. The Morgan fingerprint density at radius 2 is 1.78 bits per heavy atom. The van der Waals surface area contributed by atoms with Crippen LogP contribution in [0.15, 0.2) is 41.3 Å². The first kappa shape index (κ1) is 14.8. The summed E-state index contributed by atoms with van der Waals surface area (Å²) in [7, 11) is 0. The van der Waals surface area contributed by atoms with Crippen LogP contribution in [-0.2, 0) is 0 Å². The van der Waals surface area contributed by atoms with E-state index in [0.29, 0.717) is 12.1 Å². The molecule has 0 radical (unpaired) electrons. The molecule has 1 aromatic carbocycles. The zero-order valence-corrected chi connectivity index (χ0v) is 11.4. The summed E-state index contributed by atoms with van der Waals surface area (Å²) >= 11 is 0. The average molecular weight is 319 g/mol. The lowest BCUT2D eigenvalue weighted by Crippen LogP contribution is -2.24. The average Bonchev–Trinajstić information content (AvgIpc) is 2.48. The standard InChI is InChI=1S/C15H8F3N3O2/c16-7-4-9(17)13(10(18)5-7)21-11(14(19)23)6-12(22)8-2-1-3-20-15(8)21/h1-6H,(H2,19,23). The van der Waals surface area contributed by atoms with Crippen LogP contribution in [0.5, 0.6) is 0 Å². The Labute approximate surface area is 126 Å². The number of nitrogens with zero attached hydrogens (tertiary/aromatic N) is 2. The molecule has 0 saturated carbocycles. The Morgan fingerprint density at radius 3 is 2.39 bits per heavy atom. The number of carbonyl (C=O) groups is 1. The topological polar surface area (TPSA) is 78.0 Å². The van der Waals surface area contributed by atoms with Crippen molar-refractivity contribution in [3.05, 3.63) is 69.9 Å². The third-order valence-corrected chi connectivity index (χ3v) is 3.23. The highest BCUT2D eigenvalue weighted by Gasteiger charge is 2.21. The van der Waals surface area contributed by atoms with Gasteiger partial charge in [0.05, 0.1) is 5.39 Å². The van der Waals surface area contributed by atoms with Gasteiger partial charge in [0.2, 0.25) is 0 Å². The van der Waals surface area contributed by atoms with Crippen LogP contribution in [0.25, 0.3) is 16.7 Å². The predicted octanol–water partition coefficient (Wildman–Crippen LogP) is 1.90. The van der Waals surface area contributed by atoms with Gasteiger partial charge >= 0.3 is 0 Å². The number of hydrogen-bond donors (Lipinski definition) is 1. The number of carbonyl (C=O) groups excluding carboxylic acids is 1. The van der Waals surface area contributed by atoms with E-state index in [1.807, 2.05) is 0 Å². The van der Waals surface area contributed by atoms with E-state index in [2.05, 4.69) is 4.98 Å². The van der Waals surface area contributed by atoms with Crippen molar-refractivity contribution in [3.63, 3.8) is 0 Å². The minimum absolute atomic E-state index is 0.0284. The number of amides is 1. The first-order valence-electron chi connectivity index (χ1n) is 6.35. The number of hydrogen-bond acceptors (Lipinski definition) is 3. The molecule has 1 amide bonds. The molecule has 2 aromatic heterocycles. The van der Waals surface area contributed by atoms with Crippen LogP contribution in [0.2, 0.25) is 0 Å². The Balaban J connectivity index is 2.55. The van der Waals surface area contributed by atoms with Crippen LogP contribution in [0.3, 0.4) is 0 Å². The molecule has 23 heavy (non-hydrogen) atoms. The minimum Gasteiger partial charge on any atom is -0.364 e. The van der Waals surface area contributed by atoms with Crippen LogP contribution in [0.4, 0.5) is 13.2 Å². The highest BCUT2D eigenvalue weighted by Crippen LogP contribution is 2.24. The predicted molar refractivity (Wildman–Crippen MR) is 75.7 cm³/mol. The Hall–Kier alpha value is -3.16. The number of rotatable bonds is 2. The number of pyridine rings is 2. The Morgan fingerprint density at radius 1 is 1.13 bits per heavy atom. The fourth-order valence-corrected chi connectivity index (χ4v) is 2.30. The van der Waals surface area contributed by atoms with E-state index < -0.39 is 40.2 Å². The van der Waals surface area contributed by atoms with E-state index in [0.717, 1.165) is 10.6 Å². The van der Waals surface area contributed by atoms with Crippen LogP contribution < -0.4 is 11.2 Å². The molecule has 0 saturated heterocycles. The van der Waals surface area contributed by atoms with E-state index in [9.17, 15) is 22.8 Å². The largest absolute Gasteiger partial charge is 0.364 e. The van der Waals surface area contributed by atoms with E-state index in [4.69, 9.17) is 5.73 Å². The third-order valence-electron chi connectivity index (χ3n) is 3.23. The van der Waals surface area contributed by atoms with Crippen LogP contribution in [0.1, 0.15) is 10.5 Å². The molecule has 0 spiro atoms. The highest BCUT2D eigenvalue weighted by atomic mass is 19.1. The van der Waals surface area contributed by atoms with Gasteiger partial charge in [-0.05, 0) is 12.1 Å². The van der Waals surface area contributed by atoms with Crippen molar-refractivity contribution in [2.24, 2.45) is 5.73 Å². The van der Waals surface area contributed by atoms with Gasteiger partial charge in [-0.1, -0.05) is 0 Å². The quantitative estimate of drug-likeness (QED) is 0.783. The number of fused-ring (bicyclic) bond motifs is 1. The SMILES string of the molecule is NC(=O)c1cc(=O)c2cccnc2n1-c1c(F)cc(F)cc1F. The summed E-state index contributed by atoms with van der Waals surface area (Å²) in [5.41, 5.74) is 3.23. The van der Waals surface area contributed by atoms with Gasteiger partial charge in [-0.2, -0.15) is 0 Å². The molecule has 0 atom stereocenters. The second-order valence-electron chi connectivity index (χ2n) is 4.69. The van der Waals surface area contributed by atoms with Crippen molar-refractivity contribution < 1.29 is 18.0 Å². The molecule has 0 fully saturated rings. The fraction of sp³-hybridized carbons (Fsp3) is 0. The molecule has 0 aliphatic heterocycles. The van der Waals surface area contributed by atoms with Gasteiger partial charge in [0.1, 0.15) is 22.8 Å². The van der Waals surface area contributed by atoms with Gasteiger partial charge in [-0.3, -0.25) is 14.2 Å². The van der Waals surface area contributed by atoms with E-state index in [1.54, 1.807) is 0 Å². The molecule has 3 aromatic rings. The first-order valence-corrected chi connectivity index (χ1v) is 6.35. The van der Waals surface area contributed by atoms with Crippen molar-refractivity contribution in [1.82, 2.24) is 9.55 Å². The number of primary amides is 1. The summed E-state index contributed by atoms with van der Waals surface area (Å²) in [6.07, 6.45) is 1.28. The number of aromatic nitrogens is 2. The van der Waals surface area contributed by atoms with Gasteiger partial charge in [0, 0.05) is 24.4 Å². The Kier molecular flexibility index (Phi) is 3.36. The van der Waals surface area contributed by atoms with Crippen LogP contribution >= 0.6 is 0 Å². The maximum atomic E-state index is 14.1. The van der Waals surface area contributed by atoms with Crippen molar-refractivity contribution >= 4 is 16.9 Å². The summed E-state index contributed by atoms with van der Waals surface area (Å²) < 4.78 is 42.1. The molecular formula is C15H8F3N3O2. The number of halogens is 3. The van der Waals surface area contributed by atoms with Gasteiger partial charge in [-0.25, -0.2) is 18.2 Å². The summed E-state index contributed by atoms with van der Waals surface area (Å²) in [6, 6.07) is 4.60. The smallest absolute Gasteiger partial charge is 0.265 e. The molecule has 2 heterocycles. The lowest BCUT2D eigenvalue weighted by atomic mass is 10.2. The lowest BCUT2D eigenvalue weighted by molar-refractivity contribution is 0.0993. The highest BCUT2D eigenvalue weighted by molar-refractivity contribution is 5.94. The summed E-state index contributed by atoms with van der Waals surface area (Å²) in [6.45, 7) is 0. The second kappa shape index (κ2) is 5.24. The van der Waals surface area contributed by atoms with E-state index in [1.165, 1.54) is 18.3 Å². The summed E-state index contributed by atoms with van der Waals surface area (Å²) in [5.74, 6) is -4.73. The molecular weight excluding hydrogens is 311 g/mol. The van der Waals surface area contributed by atoms with Crippen LogP contribution in [-0.4, -0.2) is 15.5 Å². The number of nitrogens with two attached hydrogens (primary N) is 1. The molecule has 5 nitrogen and oxygen atoms in total. The molecule has 8 heteroatoms. The molecule has 0 aliphatic carbocycles.